The number of piperidine rings is 1. The lowest BCUT2D eigenvalue weighted by atomic mass is 10.0. The topological polar surface area (TPSA) is 75.5 Å². The molecule has 1 fully saturated rings. The van der Waals surface area contributed by atoms with Crippen LogP contribution in [-0.4, -0.2) is 28.9 Å². The molecule has 0 spiro atoms. The van der Waals surface area contributed by atoms with Crippen LogP contribution in [0, 0.1) is 23.0 Å². The minimum absolute atomic E-state index is 0.0750. The van der Waals surface area contributed by atoms with Crippen LogP contribution in [0.4, 0.5) is 16.2 Å². The van der Waals surface area contributed by atoms with Gasteiger partial charge in [-0.25, -0.2) is 4.79 Å². The summed E-state index contributed by atoms with van der Waals surface area (Å²) in [6.07, 6.45) is 2.10. The van der Waals surface area contributed by atoms with Gasteiger partial charge in [0.25, 0.3) is 5.69 Å². The second-order valence-electron chi connectivity index (χ2n) is 5.40. The van der Waals surface area contributed by atoms with Crippen LogP contribution in [0.2, 0.25) is 0 Å². The molecule has 1 saturated heterocycles. The van der Waals surface area contributed by atoms with Gasteiger partial charge in [-0.3, -0.25) is 10.1 Å². The van der Waals surface area contributed by atoms with Crippen LogP contribution in [0.1, 0.15) is 25.3 Å². The van der Waals surface area contributed by atoms with Crippen molar-refractivity contribution in [3.8, 4) is 0 Å². The second kappa shape index (κ2) is 5.90. The first-order valence-electron chi connectivity index (χ1n) is 6.78. The van der Waals surface area contributed by atoms with Crippen molar-refractivity contribution in [3.05, 3.63) is 33.9 Å². The van der Waals surface area contributed by atoms with Gasteiger partial charge in [0.15, 0.2) is 0 Å². The van der Waals surface area contributed by atoms with Gasteiger partial charge >= 0.3 is 6.03 Å². The zero-order chi connectivity index (χ0) is 14.7. The molecule has 1 aliphatic rings. The van der Waals surface area contributed by atoms with Crippen molar-refractivity contribution in [1.82, 2.24) is 4.90 Å². The Bertz CT molecular complexity index is 530. The fourth-order valence-corrected chi connectivity index (χ4v) is 2.48. The number of amides is 2. The maximum absolute atomic E-state index is 12.2. The Morgan fingerprint density at radius 3 is 2.90 bits per heavy atom. The van der Waals surface area contributed by atoms with Crippen molar-refractivity contribution in [3.63, 3.8) is 0 Å². The average molecular weight is 277 g/mol. The highest BCUT2D eigenvalue weighted by Crippen LogP contribution is 2.26. The van der Waals surface area contributed by atoms with Gasteiger partial charge in [-0.15, -0.1) is 0 Å². The molecular formula is C14H19N3O3. The minimum Gasteiger partial charge on any atom is -0.324 e. The van der Waals surface area contributed by atoms with E-state index < -0.39 is 4.92 Å². The summed E-state index contributed by atoms with van der Waals surface area (Å²) >= 11 is 0. The van der Waals surface area contributed by atoms with E-state index in [0.29, 0.717) is 19.0 Å². The molecule has 1 aromatic rings. The van der Waals surface area contributed by atoms with Gasteiger partial charge in [-0.2, -0.15) is 0 Å². The standard InChI is InChI=1S/C14H19N3O3/c1-10-5-6-13(17(19)20)12(8-10)15-14(18)16-7-3-4-11(2)9-16/h5-6,8,11H,3-4,7,9H2,1-2H3,(H,15,18). The van der Waals surface area contributed by atoms with Gasteiger partial charge in [-0.1, -0.05) is 13.0 Å². The van der Waals surface area contributed by atoms with Crippen molar-refractivity contribution in [2.45, 2.75) is 26.7 Å². The van der Waals surface area contributed by atoms with E-state index in [-0.39, 0.29) is 17.4 Å². The zero-order valence-electron chi connectivity index (χ0n) is 11.8. The number of aryl methyl sites for hydroxylation is 1. The first-order valence-corrected chi connectivity index (χ1v) is 6.78. The molecule has 1 aliphatic heterocycles. The number of likely N-dealkylation sites (tertiary alicyclic amines) is 1. The third kappa shape index (κ3) is 3.26. The number of carbonyl (C=O) groups is 1. The van der Waals surface area contributed by atoms with Crippen LogP contribution in [0.15, 0.2) is 18.2 Å². The Balaban J connectivity index is 2.14. The molecule has 0 aliphatic carbocycles. The van der Waals surface area contributed by atoms with Crippen LogP contribution in [0.5, 0.6) is 0 Å². The van der Waals surface area contributed by atoms with E-state index in [1.165, 1.54) is 6.07 Å². The summed E-state index contributed by atoms with van der Waals surface area (Å²) in [5.74, 6) is 0.474. The number of nitrogens with zero attached hydrogens (tertiary/aromatic N) is 2. The maximum atomic E-state index is 12.2. The third-order valence-electron chi connectivity index (χ3n) is 3.53. The van der Waals surface area contributed by atoms with E-state index >= 15 is 0 Å². The highest BCUT2D eigenvalue weighted by atomic mass is 16.6. The summed E-state index contributed by atoms with van der Waals surface area (Å²) in [5.41, 5.74) is 1.06. The number of nitro groups is 1. The molecule has 20 heavy (non-hydrogen) atoms. The predicted octanol–water partition coefficient (Wildman–Crippen LogP) is 3.17. The van der Waals surface area contributed by atoms with Crippen molar-refractivity contribution in [2.75, 3.05) is 18.4 Å². The van der Waals surface area contributed by atoms with Crippen molar-refractivity contribution in [1.29, 1.82) is 0 Å². The van der Waals surface area contributed by atoms with Crippen LogP contribution in [0.3, 0.4) is 0 Å². The molecule has 0 aromatic heterocycles. The highest BCUT2D eigenvalue weighted by molar-refractivity contribution is 5.92. The van der Waals surface area contributed by atoms with E-state index in [9.17, 15) is 14.9 Å². The predicted molar refractivity (Wildman–Crippen MR) is 76.8 cm³/mol. The van der Waals surface area contributed by atoms with Gasteiger partial charge in [-0.05, 0) is 37.3 Å². The number of nitrogens with one attached hydrogen (secondary N) is 1. The molecule has 0 saturated carbocycles. The minimum atomic E-state index is -0.478. The molecule has 2 rings (SSSR count). The fourth-order valence-electron chi connectivity index (χ4n) is 2.48. The van der Waals surface area contributed by atoms with Gasteiger partial charge in [0.05, 0.1) is 4.92 Å². The SMILES string of the molecule is Cc1ccc([N+](=O)[O-])c(NC(=O)N2CCCC(C)C2)c1. The average Bonchev–Trinajstić information content (AvgIpc) is 2.38. The Morgan fingerprint density at radius 2 is 2.25 bits per heavy atom. The number of hydrogen-bond acceptors (Lipinski definition) is 3. The Kier molecular flexibility index (Phi) is 4.22. The molecule has 6 nitrogen and oxygen atoms in total. The molecule has 0 bridgehead atoms. The van der Waals surface area contributed by atoms with Crippen LogP contribution in [-0.2, 0) is 0 Å². The molecule has 1 aromatic carbocycles. The van der Waals surface area contributed by atoms with Crippen LogP contribution < -0.4 is 5.32 Å². The number of hydrogen-bond donors (Lipinski definition) is 1. The Labute approximate surface area is 117 Å². The molecule has 0 radical (unpaired) electrons. The number of carbonyl (C=O) groups excluding carboxylic acids is 1. The second-order valence-corrected chi connectivity index (χ2v) is 5.40. The summed E-state index contributed by atoms with van der Waals surface area (Å²) < 4.78 is 0. The Morgan fingerprint density at radius 1 is 1.50 bits per heavy atom. The molecule has 1 unspecified atom stereocenters. The highest BCUT2D eigenvalue weighted by Gasteiger charge is 2.23. The largest absolute Gasteiger partial charge is 0.324 e. The number of rotatable bonds is 2. The van der Waals surface area contributed by atoms with E-state index in [2.05, 4.69) is 12.2 Å². The normalized spacial score (nSPS) is 18.7. The quantitative estimate of drug-likeness (QED) is 0.666. The lowest BCUT2D eigenvalue weighted by molar-refractivity contribution is -0.383. The monoisotopic (exact) mass is 277 g/mol. The lowest BCUT2D eigenvalue weighted by Gasteiger charge is -2.30. The summed E-state index contributed by atoms with van der Waals surface area (Å²) in [7, 11) is 0. The molecule has 2 amide bonds. The Hall–Kier alpha value is -2.11. The molecule has 1 heterocycles. The lowest BCUT2D eigenvalue weighted by Crippen LogP contribution is -2.41. The molecule has 1 N–H and O–H groups in total. The summed E-state index contributed by atoms with van der Waals surface area (Å²) in [5, 5.41) is 13.7. The molecule has 108 valence electrons. The number of anilines is 1. The molecular weight excluding hydrogens is 258 g/mol. The van der Waals surface area contributed by atoms with E-state index in [1.54, 1.807) is 17.0 Å². The molecule has 1 atom stereocenters. The molecule has 6 heteroatoms. The van der Waals surface area contributed by atoms with Gasteiger partial charge in [0, 0.05) is 19.2 Å². The van der Waals surface area contributed by atoms with E-state index in [4.69, 9.17) is 0 Å². The first-order chi connectivity index (χ1) is 9.47. The van der Waals surface area contributed by atoms with E-state index in [1.807, 2.05) is 6.92 Å². The number of urea groups is 1. The van der Waals surface area contributed by atoms with Crippen molar-refractivity contribution in [2.24, 2.45) is 5.92 Å². The van der Waals surface area contributed by atoms with Gasteiger partial charge in [0.1, 0.15) is 5.69 Å². The summed E-state index contributed by atoms with van der Waals surface area (Å²) in [6, 6.07) is 4.45. The van der Waals surface area contributed by atoms with Gasteiger partial charge < -0.3 is 10.2 Å². The van der Waals surface area contributed by atoms with Gasteiger partial charge in [0.2, 0.25) is 0 Å². The summed E-state index contributed by atoms with van der Waals surface area (Å²) in [6.45, 7) is 5.35. The third-order valence-corrected chi connectivity index (χ3v) is 3.53. The van der Waals surface area contributed by atoms with E-state index in [0.717, 1.165) is 18.4 Å². The van der Waals surface area contributed by atoms with Crippen LogP contribution in [0.25, 0.3) is 0 Å². The smallest absolute Gasteiger partial charge is 0.322 e. The van der Waals surface area contributed by atoms with Crippen LogP contribution >= 0.6 is 0 Å². The maximum Gasteiger partial charge on any atom is 0.322 e. The zero-order valence-corrected chi connectivity index (χ0v) is 11.8. The summed E-state index contributed by atoms with van der Waals surface area (Å²) in [4.78, 5) is 24.4. The fraction of sp³-hybridized carbons (Fsp3) is 0.500. The van der Waals surface area contributed by atoms with Crippen molar-refractivity contribution < 1.29 is 9.72 Å². The number of benzene rings is 1. The number of nitro benzene ring substituents is 1. The first kappa shape index (κ1) is 14.3. The van der Waals surface area contributed by atoms with Crippen molar-refractivity contribution >= 4 is 17.4 Å².